The summed E-state index contributed by atoms with van der Waals surface area (Å²) in [6.07, 6.45) is 0. The number of hydrogen-bond acceptors (Lipinski definition) is 2. The van der Waals surface area contributed by atoms with Gasteiger partial charge in [-0.05, 0) is 47.6 Å². The van der Waals surface area contributed by atoms with E-state index in [0.717, 1.165) is 0 Å². The summed E-state index contributed by atoms with van der Waals surface area (Å²) < 4.78 is 21.4. The van der Waals surface area contributed by atoms with Crippen LogP contribution in [0.3, 0.4) is 0 Å². The van der Waals surface area contributed by atoms with Crippen LogP contribution in [-0.2, 0) is 0 Å². The number of thioether (sulfide) groups is 1. The third-order valence-electron chi connectivity index (χ3n) is 1.36. The molecular weight excluding hydrogens is 246 g/mol. The van der Waals surface area contributed by atoms with Crippen molar-refractivity contribution in [3.8, 4) is 0 Å². The molecular formula is C8H7ClF2N2OS. The number of nitrogens with two attached hydrogens (primary N) is 1. The lowest BCUT2D eigenvalue weighted by Gasteiger charge is -2.07. The summed E-state index contributed by atoms with van der Waals surface area (Å²) >= 11 is 4.95. The van der Waals surface area contributed by atoms with E-state index in [1.807, 2.05) is 0 Å². The molecule has 0 atom stereocenters. The maximum atomic E-state index is 12.4. The molecule has 0 bridgehead atoms. The van der Waals surface area contributed by atoms with Gasteiger partial charge in [-0.2, -0.15) is 8.78 Å². The molecule has 82 valence electrons. The lowest BCUT2D eigenvalue weighted by Crippen LogP contribution is -2.19. The van der Waals surface area contributed by atoms with Crippen LogP contribution in [0.1, 0.15) is 0 Å². The van der Waals surface area contributed by atoms with Crippen molar-refractivity contribution in [3.05, 3.63) is 24.3 Å². The standard InChI is InChI=1S/C8H7ClF2N2OS/c9-8(10,11)15-6-3-1-5(2-4-6)13-7(12)14/h1-4H,(H3,12,13,14). The Balaban J connectivity index is 2.68. The van der Waals surface area contributed by atoms with Crippen molar-refractivity contribution in [1.82, 2.24) is 0 Å². The molecule has 1 aromatic rings. The van der Waals surface area contributed by atoms with Crippen LogP contribution in [0.25, 0.3) is 0 Å². The molecule has 0 aromatic heterocycles. The Labute approximate surface area is 94.0 Å². The second-order valence-electron chi connectivity index (χ2n) is 2.56. The Morgan fingerprint density at radius 2 is 1.93 bits per heavy atom. The van der Waals surface area contributed by atoms with E-state index in [4.69, 9.17) is 17.3 Å². The van der Waals surface area contributed by atoms with E-state index in [-0.39, 0.29) is 11.8 Å². The second-order valence-corrected chi connectivity index (χ2v) is 4.45. The van der Waals surface area contributed by atoms with Crippen LogP contribution in [0.5, 0.6) is 0 Å². The number of urea groups is 1. The number of carbonyl (C=O) groups is 1. The van der Waals surface area contributed by atoms with Crippen molar-refractivity contribution in [2.24, 2.45) is 5.73 Å². The number of amides is 2. The molecule has 3 N–H and O–H groups in total. The predicted octanol–water partition coefficient (Wildman–Crippen LogP) is 3.06. The van der Waals surface area contributed by atoms with Gasteiger partial charge in [0.2, 0.25) is 0 Å². The number of primary amides is 1. The van der Waals surface area contributed by atoms with Crippen molar-refractivity contribution in [3.63, 3.8) is 0 Å². The first-order chi connectivity index (χ1) is 6.87. The number of benzene rings is 1. The van der Waals surface area contributed by atoms with Crippen LogP contribution in [0, 0.1) is 0 Å². The van der Waals surface area contributed by atoms with Gasteiger partial charge in [0.25, 0.3) is 0 Å². The van der Waals surface area contributed by atoms with E-state index >= 15 is 0 Å². The lowest BCUT2D eigenvalue weighted by molar-refractivity contribution is 0.203. The van der Waals surface area contributed by atoms with Gasteiger partial charge in [0.15, 0.2) is 0 Å². The number of hydrogen-bond donors (Lipinski definition) is 2. The third-order valence-corrected chi connectivity index (χ3v) is 2.33. The molecule has 0 aliphatic carbocycles. The van der Waals surface area contributed by atoms with Crippen LogP contribution in [0.4, 0.5) is 19.3 Å². The van der Waals surface area contributed by atoms with E-state index in [1.54, 1.807) is 0 Å². The molecule has 0 fully saturated rings. The molecule has 0 saturated heterocycles. The van der Waals surface area contributed by atoms with E-state index < -0.39 is 10.7 Å². The summed E-state index contributed by atoms with van der Waals surface area (Å²) in [6, 6.07) is 5.02. The monoisotopic (exact) mass is 252 g/mol. The Hall–Kier alpha value is -1.01. The van der Waals surface area contributed by atoms with Gasteiger partial charge in [-0.3, -0.25) is 0 Å². The molecule has 0 heterocycles. The van der Waals surface area contributed by atoms with Crippen molar-refractivity contribution >= 4 is 35.1 Å². The van der Waals surface area contributed by atoms with Gasteiger partial charge in [0.1, 0.15) is 0 Å². The third kappa shape index (κ3) is 4.85. The van der Waals surface area contributed by atoms with Crippen molar-refractivity contribution < 1.29 is 13.6 Å². The molecule has 0 spiro atoms. The number of anilines is 1. The molecule has 7 heteroatoms. The molecule has 0 saturated carbocycles. The van der Waals surface area contributed by atoms with E-state index in [2.05, 4.69) is 5.32 Å². The number of halogens is 3. The first-order valence-corrected chi connectivity index (χ1v) is 4.98. The minimum atomic E-state index is -3.33. The average Bonchev–Trinajstić information content (AvgIpc) is 2.05. The molecule has 1 aromatic carbocycles. The Kier molecular flexibility index (Phi) is 3.76. The van der Waals surface area contributed by atoms with E-state index in [9.17, 15) is 13.6 Å². The largest absolute Gasteiger partial charge is 0.375 e. The quantitative estimate of drug-likeness (QED) is 0.642. The van der Waals surface area contributed by atoms with Gasteiger partial charge in [0, 0.05) is 10.6 Å². The van der Waals surface area contributed by atoms with Crippen LogP contribution < -0.4 is 11.1 Å². The van der Waals surface area contributed by atoms with Gasteiger partial charge in [0.05, 0.1) is 0 Å². The lowest BCUT2D eigenvalue weighted by atomic mass is 10.3. The number of carbonyl (C=O) groups excluding carboxylic acids is 1. The highest BCUT2D eigenvalue weighted by Gasteiger charge is 2.26. The zero-order valence-corrected chi connectivity index (χ0v) is 8.91. The maximum absolute atomic E-state index is 12.4. The Morgan fingerprint density at radius 1 is 1.40 bits per heavy atom. The van der Waals surface area contributed by atoms with Crippen LogP contribution in [0.15, 0.2) is 29.2 Å². The first kappa shape index (κ1) is 12.1. The highest BCUT2D eigenvalue weighted by Crippen LogP contribution is 2.39. The fourth-order valence-corrected chi connectivity index (χ4v) is 1.69. The molecule has 2 amide bonds. The molecule has 0 radical (unpaired) electrons. The van der Waals surface area contributed by atoms with Crippen LogP contribution in [0.2, 0.25) is 0 Å². The van der Waals surface area contributed by atoms with Crippen molar-refractivity contribution in [2.45, 2.75) is 9.61 Å². The summed E-state index contributed by atoms with van der Waals surface area (Å²) in [5, 5.41) is 2.30. The van der Waals surface area contributed by atoms with Gasteiger partial charge in [-0.15, -0.1) is 0 Å². The summed E-state index contributed by atoms with van der Waals surface area (Å²) in [5.41, 5.74) is 5.30. The topological polar surface area (TPSA) is 55.1 Å². The zero-order chi connectivity index (χ0) is 11.5. The van der Waals surface area contributed by atoms with Gasteiger partial charge in [-0.1, -0.05) is 0 Å². The smallest absolute Gasteiger partial charge is 0.351 e. The van der Waals surface area contributed by atoms with Crippen LogP contribution in [-0.4, -0.2) is 10.7 Å². The predicted molar refractivity (Wildman–Crippen MR) is 56.3 cm³/mol. The fourth-order valence-electron chi connectivity index (χ4n) is 0.882. The molecule has 3 nitrogen and oxygen atoms in total. The molecule has 0 unspecified atom stereocenters. The molecule has 0 aliphatic rings. The molecule has 0 aliphatic heterocycles. The minimum Gasteiger partial charge on any atom is -0.351 e. The van der Waals surface area contributed by atoms with E-state index in [0.29, 0.717) is 10.6 Å². The molecule has 1 rings (SSSR count). The summed E-state index contributed by atoms with van der Waals surface area (Å²) in [4.78, 5) is 10.7. The fraction of sp³-hybridized carbons (Fsp3) is 0.125. The summed E-state index contributed by atoms with van der Waals surface area (Å²) in [6.45, 7) is 0. The number of nitrogens with one attached hydrogen (secondary N) is 1. The summed E-state index contributed by atoms with van der Waals surface area (Å²) in [7, 11) is 0. The van der Waals surface area contributed by atoms with Gasteiger partial charge < -0.3 is 11.1 Å². The van der Waals surface area contributed by atoms with E-state index in [1.165, 1.54) is 24.3 Å². The van der Waals surface area contributed by atoms with Crippen molar-refractivity contribution in [2.75, 3.05) is 5.32 Å². The average molecular weight is 253 g/mol. The van der Waals surface area contributed by atoms with Gasteiger partial charge >= 0.3 is 10.7 Å². The highest BCUT2D eigenvalue weighted by molar-refractivity contribution is 8.01. The Bertz CT molecular complexity index is 353. The summed E-state index contributed by atoms with van der Waals surface area (Å²) in [5.74, 6) is 0. The number of alkyl halides is 3. The maximum Gasteiger partial charge on any atom is 0.375 e. The number of rotatable bonds is 3. The zero-order valence-electron chi connectivity index (χ0n) is 7.34. The van der Waals surface area contributed by atoms with Crippen molar-refractivity contribution in [1.29, 1.82) is 0 Å². The second kappa shape index (κ2) is 4.67. The highest BCUT2D eigenvalue weighted by atomic mass is 35.5. The SMILES string of the molecule is NC(=O)Nc1ccc(SC(F)(F)Cl)cc1. The normalized spacial score (nSPS) is 11.1. The van der Waals surface area contributed by atoms with Crippen LogP contribution >= 0.6 is 23.4 Å². The Morgan fingerprint density at radius 3 is 2.33 bits per heavy atom. The van der Waals surface area contributed by atoms with Gasteiger partial charge in [-0.25, -0.2) is 4.79 Å². The molecule has 15 heavy (non-hydrogen) atoms. The first-order valence-electron chi connectivity index (χ1n) is 3.79. The minimum absolute atomic E-state index is 0.216.